The molecule has 0 saturated heterocycles. The summed E-state index contributed by atoms with van der Waals surface area (Å²) in [4.78, 5) is 23.8. The van der Waals surface area contributed by atoms with E-state index in [0.717, 1.165) is 12.1 Å². The number of aliphatic carboxylic acids is 1. The van der Waals surface area contributed by atoms with Crippen LogP contribution in [0.5, 0.6) is 11.5 Å². The van der Waals surface area contributed by atoms with E-state index >= 15 is 0 Å². The Kier molecular flexibility index (Phi) is 8.66. The van der Waals surface area contributed by atoms with Gasteiger partial charge in [0.25, 0.3) is 0 Å². The molecule has 0 aliphatic heterocycles. The number of nitrogens with one attached hydrogen (secondary N) is 1. The van der Waals surface area contributed by atoms with Gasteiger partial charge in [-0.05, 0) is 56.2 Å². The molecule has 1 amide bonds. The van der Waals surface area contributed by atoms with Crippen LogP contribution in [0.15, 0.2) is 36.4 Å². The van der Waals surface area contributed by atoms with Crippen molar-refractivity contribution >= 4 is 24.6 Å². The number of alkyl carbamates (subject to hydrolysis) is 1. The summed E-state index contributed by atoms with van der Waals surface area (Å²) in [7, 11) is -0.553. The zero-order valence-corrected chi connectivity index (χ0v) is 18.8. The molecule has 2 aromatic carbocycles. The van der Waals surface area contributed by atoms with Gasteiger partial charge in [-0.25, -0.2) is 14.0 Å². The second-order valence-corrected chi connectivity index (χ2v) is 8.23. The van der Waals surface area contributed by atoms with Gasteiger partial charge in [-0.2, -0.15) is 0 Å². The summed E-state index contributed by atoms with van der Waals surface area (Å²) in [5, 5.41) is 31.2. The number of carbonyl (C=O) groups is 2. The lowest BCUT2D eigenvalue weighted by molar-refractivity contribution is -0.139. The molecule has 0 saturated carbocycles. The predicted octanol–water partition coefficient (Wildman–Crippen LogP) is 1.61. The van der Waals surface area contributed by atoms with Crippen molar-refractivity contribution in [3.8, 4) is 11.5 Å². The van der Waals surface area contributed by atoms with E-state index in [-0.39, 0.29) is 23.4 Å². The molecule has 0 aromatic heterocycles. The van der Waals surface area contributed by atoms with Crippen LogP contribution in [0.2, 0.25) is 0 Å². The van der Waals surface area contributed by atoms with Crippen molar-refractivity contribution < 1.29 is 43.3 Å². The largest absolute Gasteiger partial charge is 0.497 e. The van der Waals surface area contributed by atoms with Crippen LogP contribution in [0, 0.1) is 5.82 Å². The Morgan fingerprint density at radius 1 is 1.15 bits per heavy atom. The fourth-order valence-corrected chi connectivity index (χ4v) is 2.94. The molecule has 0 aliphatic rings. The molecule has 2 rings (SSSR count). The number of carboxylic acids is 1. The minimum atomic E-state index is -2.08. The van der Waals surface area contributed by atoms with E-state index in [2.05, 4.69) is 5.32 Å². The Morgan fingerprint density at radius 2 is 1.79 bits per heavy atom. The summed E-state index contributed by atoms with van der Waals surface area (Å²) >= 11 is 0. The van der Waals surface area contributed by atoms with Gasteiger partial charge in [0.1, 0.15) is 35.6 Å². The Hall–Kier alpha value is -3.31. The molecule has 2 aromatic rings. The summed E-state index contributed by atoms with van der Waals surface area (Å²) in [5.41, 5.74) is -0.409. The van der Waals surface area contributed by atoms with Gasteiger partial charge in [0.15, 0.2) is 0 Å². The molecule has 178 valence electrons. The summed E-state index contributed by atoms with van der Waals surface area (Å²) in [6, 6.07) is 7.27. The van der Waals surface area contributed by atoms with E-state index in [1.165, 1.54) is 7.11 Å². The number of benzene rings is 2. The van der Waals surface area contributed by atoms with Crippen molar-refractivity contribution in [3.05, 3.63) is 53.3 Å². The molecule has 1 atom stereocenters. The smallest absolute Gasteiger partial charge is 0.492 e. The van der Waals surface area contributed by atoms with E-state index in [1.54, 1.807) is 45.0 Å². The first kappa shape index (κ1) is 26.0. The molecule has 33 heavy (non-hydrogen) atoms. The SMILES string of the molecule is COc1ccc(COc2c(CC(NC(=O)OC(C)(C)C)C(=O)O)cc(F)cc2B(O)O)cc1. The molecular formula is C22H27BFNO8. The van der Waals surface area contributed by atoms with Crippen LogP contribution in [0.3, 0.4) is 0 Å². The first-order chi connectivity index (χ1) is 15.4. The van der Waals surface area contributed by atoms with E-state index in [1.807, 2.05) is 0 Å². The van der Waals surface area contributed by atoms with Gasteiger partial charge in [-0.3, -0.25) is 0 Å². The number of ether oxygens (including phenoxy) is 3. The van der Waals surface area contributed by atoms with Crippen molar-refractivity contribution in [2.45, 2.75) is 45.4 Å². The lowest BCUT2D eigenvalue weighted by Crippen LogP contribution is -2.45. The zero-order valence-electron chi connectivity index (χ0n) is 18.8. The Morgan fingerprint density at radius 3 is 2.30 bits per heavy atom. The Labute approximate surface area is 191 Å². The molecule has 0 aliphatic carbocycles. The Balaban J connectivity index is 2.32. The number of carboxylic acid groups (broad SMARTS) is 1. The van der Waals surface area contributed by atoms with E-state index in [4.69, 9.17) is 14.2 Å². The summed E-state index contributed by atoms with van der Waals surface area (Å²) < 4.78 is 30.1. The highest BCUT2D eigenvalue weighted by atomic mass is 19.1. The minimum absolute atomic E-state index is 0.0232. The number of hydrogen-bond acceptors (Lipinski definition) is 7. The van der Waals surface area contributed by atoms with Crippen molar-refractivity contribution in [3.63, 3.8) is 0 Å². The third-order valence-corrected chi connectivity index (χ3v) is 4.39. The van der Waals surface area contributed by atoms with Crippen LogP contribution >= 0.6 is 0 Å². The summed E-state index contributed by atoms with van der Waals surface area (Å²) in [5.74, 6) is -1.69. The van der Waals surface area contributed by atoms with E-state index < -0.39 is 43.1 Å². The van der Waals surface area contributed by atoms with E-state index in [0.29, 0.717) is 11.3 Å². The summed E-state index contributed by atoms with van der Waals surface area (Å²) in [6.45, 7) is 4.83. The Bertz CT molecular complexity index is 976. The number of carbonyl (C=O) groups excluding carboxylic acids is 1. The van der Waals surface area contributed by atoms with Crippen molar-refractivity contribution in [2.24, 2.45) is 0 Å². The van der Waals surface area contributed by atoms with Crippen LogP contribution in [-0.2, 0) is 22.6 Å². The zero-order chi connectivity index (χ0) is 24.8. The second-order valence-electron chi connectivity index (χ2n) is 8.23. The minimum Gasteiger partial charge on any atom is -0.497 e. The third-order valence-electron chi connectivity index (χ3n) is 4.39. The highest BCUT2D eigenvalue weighted by Crippen LogP contribution is 2.23. The third kappa shape index (κ3) is 7.96. The standard InChI is InChI=1S/C22H27BFNO8/c1-22(2,3)33-21(28)25-18(20(26)27)10-14-9-15(24)11-17(23(29)30)19(14)32-12-13-5-7-16(31-4)8-6-13/h5-9,11,18,29-30H,10,12H2,1-4H3,(H,25,28)(H,26,27). The van der Waals surface area contributed by atoms with Crippen molar-refractivity contribution in [2.75, 3.05) is 7.11 Å². The molecule has 1 unspecified atom stereocenters. The van der Waals surface area contributed by atoms with Gasteiger partial charge in [0.05, 0.1) is 7.11 Å². The monoisotopic (exact) mass is 463 g/mol. The van der Waals surface area contributed by atoms with Gasteiger partial charge in [0, 0.05) is 11.9 Å². The highest BCUT2D eigenvalue weighted by Gasteiger charge is 2.28. The fourth-order valence-electron chi connectivity index (χ4n) is 2.94. The number of methoxy groups -OCH3 is 1. The number of amides is 1. The van der Waals surface area contributed by atoms with Gasteiger partial charge in [-0.15, -0.1) is 0 Å². The molecule has 0 fully saturated rings. The van der Waals surface area contributed by atoms with Crippen molar-refractivity contribution in [1.82, 2.24) is 5.32 Å². The summed E-state index contributed by atoms with van der Waals surface area (Å²) in [6.07, 6.45) is -1.36. The molecular weight excluding hydrogens is 436 g/mol. The molecule has 4 N–H and O–H groups in total. The fraction of sp³-hybridized carbons (Fsp3) is 0.364. The maximum atomic E-state index is 14.2. The van der Waals surface area contributed by atoms with Gasteiger partial charge in [0.2, 0.25) is 0 Å². The van der Waals surface area contributed by atoms with Crippen LogP contribution in [-0.4, -0.2) is 53.1 Å². The molecule has 0 radical (unpaired) electrons. The van der Waals surface area contributed by atoms with Crippen LogP contribution in [0.25, 0.3) is 0 Å². The molecule has 9 nitrogen and oxygen atoms in total. The lowest BCUT2D eigenvalue weighted by Gasteiger charge is -2.23. The number of halogens is 1. The van der Waals surface area contributed by atoms with Gasteiger partial charge < -0.3 is 34.7 Å². The highest BCUT2D eigenvalue weighted by molar-refractivity contribution is 6.59. The normalized spacial score (nSPS) is 12.0. The first-order valence-corrected chi connectivity index (χ1v) is 10.1. The maximum Gasteiger partial charge on any atom is 0.492 e. The van der Waals surface area contributed by atoms with Crippen molar-refractivity contribution in [1.29, 1.82) is 0 Å². The van der Waals surface area contributed by atoms with Gasteiger partial charge >= 0.3 is 19.2 Å². The van der Waals surface area contributed by atoms with Crippen LogP contribution in [0.4, 0.5) is 9.18 Å². The number of rotatable bonds is 9. The first-order valence-electron chi connectivity index (χ1n) is 10.1. The average Bonchev–Trinajstić information content (AvgIpc) is 2.71. The van der Waals surface area contributed by atoms with Crippen LogP contribution < -0.4 is 20.3 Å². The second kappa shape index (κ2) is 11.0. The predicted molar refractivity (Wildman–Crippen MR) is 118 cm³/mol. The molecule has 0 bridgehead atoms. The maximum absolute atomic E-state index is 14.2. The van der Waals surface area contributed by atoms with E-state index in [9.17, 15) is 29.1 Å². The van der Waals surface area contributed by atoms with Crippen LogP contribution in [0.1, 0.15) is 31.9 Å². The lowest BCUT2D eigenvalue weighted by atomic mass is 9.78. The molecule has 0 spiro atoms. The molecule has 0 heterocycles. The molecule has 11 heteroatoms. The quantitative estimate of drug-likeness (QED) is 0.412. The van der Waals surface area contributed by atoms with Gasteiger partial charge in [-0.1, -0.05) is 12.1 Å². The average molecular weight is 463 g/mol. The topological polar surface area (TPSA) is 135 Å². The number of hydrogen-bond donors (Lipinski definition) is 4.